The summed E-state index contributed by atoms with van der Waals surface area (Å²) in [5.41, 5.74) is 0.915. The van der Waals surface area contributed by atoms with Crippen molar-refractivity contribution in [2.45, 2.75) is 12.6 Å². The molecule has 35 heavy (non-hydrogen) atoms. The average Bonchev–Trinajstić information content (AvgIpc) is 3.23. The van der Waals surface area contributed by atoms with E-state index in [2.05, 4.69) is 14.7 Å². The van der Waals surface area contributed by atoms with Crippen LogP contribution in [0.4, 0.5) is 18.9 Å². The van der Waals surface area contributed by atoms with Crippen molar-refractivity contribution in [3.8, 4) is 0 Å². The maximum atomic E-state index is 14.1. The van der Waals surface area contributed by atoms with E-state index in [9.17, 15) is 27.3 Å². The number of H-pyrrole nitrogens is 2. The molecule has 2 atom stereocenters. The van der Waals surface area contributed by atoms with Gasteiger partial charge in [0.2, 0.25) is 0 Å². The molecule has 12 heteroatoms. The maximum absolute atomic E-state index is 14.1. The molecule has 0 unspecified atom stereocenters. The van der Waals surface area contributed by atoms with Crippen LogP contribution in [0.3, 0.4) is 0 Å². The van der Waals surface area contributed by atoms with Crippen molar-refractivity contribution in [2.75, 3.05) is 24.6 Å². The largest absolute Gasteiger partial charge is 0.593 e. The zero-order valence-electron chi connectivity index (χ0n) is 18.5. The van der Waals surface area contributed by atoms with E-state index in [0.717, 1.165) is 12.1 Å². The first kappa shape index (κ1) is 23.3. The Morgan fingerprint density at radius 2 is 1.83 bits per heavy atom. The van der Waals surface area contributed by atoms with Crippen molar-refractivity contribution < 1.29 is 27.3 Å². The van der Waals surface area contributed by atoms with Crippen molar-refractivity contribution in [3.05, 3.63) is 75.1 Å². The molecule has 0 radical (unpaired) electrons. The van der Waals surface area contributed by atoms with Gasteiger partial charge in [0.05, 0.1) is 47.2 Å². The first-order valence-corrected chi connectivity index (χ1v) is 12.0. The second-order valence-corrected chi connectivity index (χ2v) is 9.37. The van der Waals surface area contributed by atoms with Crippen molar-refractivity contribution in [1.82, 2.24) is 14.9 Å². The Hall–Kier alpha value is -3.48. The fraction of sp³-hybridized carbons (Fsp3) is 0.217. The average molecular weight is 504 g/mol. The number of aromatic amines is 2. The van der Waals surface area contributed by atoms with Crippen molar-refractivity contribution in [1.29, 1.82) is 0 Å². The highest BCUT2D eigenvalue weighted by Crippen LogP contribution is 2.35. The number of benzene rings is 2. The van der Waals surface area contributed by atoms with Gasteiger partial charge in [-0.25, -0.2) is 17.9 Å². The number of anilines is 1. The number of hydrogen-bond acceptors (Lipinski definition) is 5. The highest BCUT2D eigenvalue weighted by atomic mass is 32.2. The van der Waals surface area contributed by atoms with Crippen LogP contribution in [0, 0.1) is 17.5 Å². The number of nitrogens with zero attached hydrogens (tertiary/aromatic N) is 1. The molecule has 1 aliphatic rings. The van der Waals surface area contributed by atoms with Crippen LogP contribution in [-0.4, -0.2) is 45.2 Å². The predicted molar refractivity (Wildman–Crippen MR) is 125 cm³/mol. The number of pyridine rings is 1. The monoisotopic (exact) mass is 504 g/mol. The lowest BCUT2D eigenvalue weighted by molar-refractivity contribution is 0.0333. The summed E-state index contributed by atoms with van der Waals surface area (Å²) in [5, 5.41) is 0.608. The summed E-state index contributed by atoms with van der Waals surface area (Å²) in [7, 11) is 1.51. The van der Waals surface area contributed by atoms with Gasteiger partial charge >= 0.3 is 0 Å². The topological polar surface area (TPSA) is 113 Å². The highest BCUT2D eigenvalue weighted by Gasteiger charge is 2.32. The minimum absolute atomic E-state index is 0.0346. The molecule has 1 aliphatic heterocycles. The van der Waals surface area contributed by atoms with E-state index in [1.165, 1.54) is 36.4 Å². The highest BCUT2D eigenvalue weighted by molar-refractivity contribution is 7.92. The van der Waals surface area contributed by atoms with E-state index in [0.29, 0.717) is 22.2 Å². The fourth-order valence-corrected chi connectivity index (χ4v) is 4.91. The second-order valence-electron chi connectivity index (χ2n) is 8.26. The van der Waals surface area contributed by atoms with E-state index < -0.39 is 46.3 Å². The summed E-state index contributed by atoms with van der Waals surface area (Å²) in [6.07, 6.45) is 1.40. The van der Waals surface area contributed by atoms with Crippen LogP contribution < -0.4 is 10.3 Å². The van der Waals surface area contributed by atoms with Gasteiger partial charge in [-0.05, 0) is 29.7 Å². The number of ether oxygens (including phenoxy) is 1. The normalized spacial score (nSPS) is 16.3. The molecule has 5 rings (SSSR count). The van der Waals surface area contributed by atoms with Crippen molar-refractivity contribution in [2.24, 2.45) is 0 Å². The number of likely N-dealkylation sites (N-methyl/N-ethyl adjacent to an activating group) is 1. The first-order valence-electron chi connectivity index (χ1n) is 10.4. The number of hydrogen-bond donors (Lipinski definition) is 3. The number of amides is 1. The van der Waals surface area contributed by atoms with Gasteiger partial charge in [-0.1, -0.05) is 0 Å². The number of fused-ring (bicyclic) bond motifs is 4. The lowest BCUT2D eigenvalue weighted by Crippen LogP contribution is -2.37. The summed E-state index contributed by atoms with van der Waals surface area (Å²) in [5.74, 6) is -3.35. The lowest BCUT2D eigenvalue weighted by Gasteiger charge is -2.33. The van der Waals surface area contributed by atoms with Crippen molar-refractivity contribution in [3.63, 3.8) is 0 Å². The van der Waals surface area contributed by atoms with E-state index in [-0.39, 0.29) is 35.4 Å². The SMILES string of the molecule is CN(C(=O)c1cc2c(N[S@+](C)[O-])cc(F)cc2[nH]1)[C@@H]1COCc2[nH]c(=O)c3cc(F)c(F)cc3c21. The number of carbonyl (C=O) groups is 1. The zero-order chi connectivity index (χ0) is 25.0. The van der Waals surface area contributed by atoms with E-state index >= 15 is 0 Å². The van der Waals surface area contributed by atoms with Gasteiger partial charge in [0, 0.05) is 29.8 Å². The molecule has 4 aromatic rings. The van der Waals surface area contributed by atoms with Crippen molar-refractivity contribution >= 4 is 44.6 Å². The standard InChI is InChI=1S/C23H19F3N4O4S/c1-30(23(32)18-7-13-16(27-18)3-10(24)4-17(13)29-35(2)33)20-9-34-8-19-21(20)11-5-14(25)15(26)6-12(11)22(31)28-19/h3-7,20,27,29H,8-9H2,1-2H3,(H,28,31)/t20-,35+/m1/s1. The molecule has 2 aromatic carbocycles. The summed E-state index contributed by atoms with van der Waals surface area (Å²) in [6, 6.07) is 4.94. The van der Waals surface area contributed by atoms with Crippen LogP contribution >= 0.6 is 0 Å². The summed E-state index contributed by atoms with van der Waals surface area (Å²) in [4.78, 5) is 32.7. The molecular formula is C23H19F3N4O4S. The van der Waals surface area contributed by atoms with Gasteiger partial charge in [-0.3, -0.25) is 9.59 Å². The Bertz CT molecular complexity index is 1550. The smallest absolute Gasteiger partial charge is 0.270 e. The number of rotatable bonds is 4. The van der Waals surface area contributed by atoms with Gasteiger partial charge in [0.1, 0.15) is 17.8 Å². The summed E-state index contributed by atoms with van der Waals surface area (Å²) >= 11 is -1.47. The zero-order valence-corrected chi connectivity index (χ0v) is 19.3. The molecule has 0 saturated carbocycles. The quantitative estimate of drug-likeness (QED) is 0.369. The third-order valence-corrected chi connectivity index (χ3v) is 6.52. The molecule has 0 bridgehead atoms. The van der Waals surface area contributed by atoms with E-state index in [4.69, 9.17) is 4.74 Å². The molecule has 8 nitrogen and oxygen atoms in total. The lowest BCUT2D eigenvalue weighted by atomic mass is 9.95. The van der Waals surface area contributed by atoms with Gasteiger partial charge in [0.15, 0.2) is 11.6 Å². The molecular weight excluding hydrogens is 485 g/mol. The first-order chi connectivity index (χ1) is 16.6. The Balaban J connectivity index is 1.58. The predicted octanol–water partition coefficient (Wildman–Crippen LogP) is 3.48. The minimum Gasteiger partial charge on any atom is -0.593 e. The molecule has 0 spiro atoms. The molecule has 3 N–H and O–H groups in total. The number of carbonyl (C=O) groups excluding carboxylic acids is 1. The third-order valence-electron chi connectivity index (χ3n) is 6.01. The van der Waals surface area contributed by atoms with Gasteiger partial charge in [0.25, 0.3) is 11.5 Å². The molecule has 1 amide bonds. The number of aromatic nitrogens is 2. The molecule has 182 valence electrons. The van der Waals surface area contributed by atoms with Crippen LogP contribution in [0.5, 0.6) is 0 Å². The Morgan fingerprint density at radius 3 is 2.54 bits per heavy atom. The third kappa shape index (κ3) is 4.03. The number of nitrogens with one attached hydrogen (secondary N) is 3. The van der Waals surface area contributed by atoms with Crippen LogP contribution in [0.2, 0.25) is 0 Å². The summed E-state index contributed by atoms with van der Waals surface area (Å²) < 4.78 is 61.9. The van der Waals surface area contributed by atoms with E-state index in [1.807, 2.05) is 0 Å². The molecule has 0 fully saturated rings. The number of halogens is 3. The van der Waals surface area contributed by atoms with Gasteiger partial charge < -0.3 is 24.2 Å². The van der Waals surface area contributed by atoms with Crippen LogP contribution in [-0.2, 0) is 22.7 Å². The Kier molecular flexibility index (Phi) is 5.74. The second kappa shape index (κ2) is 8.63. The minimum atomic E-state index is -1.47. The van der Waals surface area contributed by atoms with Crippen LogP contribution in [0.15, 0.2) is 35.1 Å². The summed E-state index contributed by atoms with van der Waals surface area (Å²) in [6.45, 7) is 0.0821. The Labute approximate surface area is 199 Å². The van der Waals surface area contributed by atoms with E-state index in [1.54, 1.807) is 0 Å². The molecule has 0 saturated heterocycles. The molecule has 3 heterocycles. The Morgan fingerprint density at radius 1 is 1.11 bits per heavy atom. The van der Waals surface area contributed by atoms with Gasteiger partial charge in [-0.15, -0.1) is 0 Å². The fourth-order valence-electron chi connectivity index (χ4n) is 4.44. The molecule has 2 aromatic heterocycles. The maximum Gasteiger partial charge on any atom is 0.270 e. The van der Waals surface area contributed by atoms with Gasteiger partial charge in [-0.2, -0.15) is 0 Å². The van der Waals surface area contributed by atoms with Crippen LogP contribution in [0.1, 0.15) is 27.8 Å². The van der Waals surface area contributed by atoms with Crippen LogP contribution in [0.25, 0.3) is 21.7 Å². The molecule has 0 aliphatic carbocycles.